The van der Waals surface area contributed by atoms with Gasteiger partial charge in [0.15, 0.2) is 11.9 Å². The fourth-order valence-electron chi connectivity index (χ4n) is 3.93. The minimum Gasteiger partial charge on any atom is -0.424 e. The van der Waals surface area contributed by atoms with Gasteiger partial charge in [-0.15, -0.1) is 0 Å². The van der Waals surface area contributed by atoms with Gasteiger partial charge in [-0.25, -0.2) is 19.4 Å². The molecule has 0 spiro atoms. The van der Waals surface area contributed by atoms with E-state index in [1.165, 1.54) is 6.33 Å². The number of rotatable bonds is 4. The molecule has 8 nitrogen and oxygen atoms in total. The van der Waals surface area contributed by atoms with Crippen molar-refractivity contribution in [1.82, 2.24) is 19.7 Å². The van der Waals surface area contributed by atoms with E-state index < -0.39 is 11.7 Å². The summed E-state index contributed by atoms with van der Waals surface area (Å²) in [6, 6.07) is 11.7. The van der Waals surface area contributed by atoms with E-state index in [1.54, 1.807) is 35.0 Å². The van der Waals surface area contributed by atoms with E-state index in [1.807, 2.05) is 19.1 Å². The lowest BCUT2D eigenvalue weighted by atomic mass is 9.95. The summed E-state index contributed by atoms with van der Waals surface area (Å²) < 4.78 is 8.16. The zero-order valence-electron chi connectivity index (χ0n) is 17.1. The normalized spacial score (nSPS) is 12.3. The van der Waals surface area contributed by atoms with Crippen LogP contribution in [0.15, 0.2) is 58.0 Å². The van der Waals surface area contributed by atoms with Crippen LogP contribution in [-0.2, 0) is 0 Å². The van der Waals surface area contributed by atoms with Gasteiger partial charge in [0.2, 0.25) is 0 Å². The van der Waals surface area contributed by atoms with Crippen LogP contribution < -0.4 is 11.4 Å². The van der Waals surface area contributed by atoms with E-state index in [0.717, 1.165) is 0 Å². The summed E-state index contributed by atoms with van der Waals surface area (Å²) in [6.45, 7) is 1.86. The largest absolute Gasteiger partial charge is 0.424 e. The van der Waals surface area contributed by atoms with Crippen LogP contribution in [0.4, 0.5) is 5.82 Å². The highest BCUT2D eigenvalue weighted by molar-refractivity contribution is 14.1. The van der Waals surface area contributed by atoms with E-state index >= 15 is 0 Å². The second-order valence-corrected chi connectivity index (χ2v) is 8.83. The topological polar surface area (TPSA) is 117 Å². The molecule has 3 aromatic heterocycles. The molecule has 5 rings (SSSR count). The van der Waals surface area contributed by atoms with Gasteiger partial charge in [0.25, 0.3) is 0 Å². The molecule has 0 radical (unpaired) electrons. The molecule has 164 valence electrons. The van der Waals surface area contributed by atoms with Crippen LogP contribution in [0, 0.1) is 3.70 Å². The first-order valence-electron chi connectivity index (χ1n) is 9.85. The Morgan fingerprint density at radius 3 is 2.70 bits per heavy atom. The number of nitrogens with zero attached hydrogens (tertiary/aromatic N) is 4. The van der Waals surface area contributed by atoms with Crippen molar-refractivity contribution in [2.75, 3.05) is 5.73 Å². The van der Waals surface area contributed by atoms with Gasteiger partial charge in [-0.2, -0.15) is 5.10 Å². The number of nitrogen functional groups attached to an aromatic ring is 1. The van der Waals surface area contributed by atoms with E-state index in [2.05, 4.69) is 37.7 Å². The number of halogens is 2. The van der Waals surface area contributed by atoms with Crippen LogP contribution in [0.2, 0.25) is 5.02 Å². The predicted octanol–water partition coefficient (Wildman–Crippen LogP) is 4.86. The van der Waals surface area contributed by atoms with Crippen molar-refractivity contribution in [3.63, 3.8) is 0 Å². The van der Waals surface area contributed by atoms with Crippen molar-refractivity contribution >= 4 is 68.1 Å². The van der Waals surface area contributed by atoms with Gasteiger partial charge in [0, 0.05) is 16.5 Å². The molecule has 0 aliphatic rings. The standard InChI is InChI=1S/C23H15ClIN5O3/c1-11(30-22-18(20(25)29-30)21(26)27-10-28-22)19-17(12-6-7-16(24)13(8-12)9-31)14-4-2-3-5-15(14)23(32)33-19/h2-11H,1H3,(H2,26,27,28). The van der Waals surface area contributed by atoms with Crippen molar-refractivity contribution in [2.24, 2.45) is 0 Å². The van der Waals surface area contributed by atoms with Gasteiger partial charge in [0.05, 0.1) is 15.8 Å². The highest BCUT2D eigenvalue weighted by Crippen LogP contribution is 2.37. The Hall–Kier alpha value is -3.31. The van der Waals surface area contributed by atoms with Gasteiger partial charge >= 0.3 is 5.63 Å². The average Bonchev–Trinajstić information content (AvgIpc) is 3.17. The lowest BCUT2D eigenvalue weighted by Gasteiger charge is -2.18. The van der Waals surface area contributed by atoms with Gasteiger partial charge in [0.1, 0.15) is 27.6 Å². The zero-order chi connectivity index (χ0) is 23.3. The molecule has 0 aliphatic carbocycles. The molecule has 1 atom stereocenters. The lowest BCUT2D eigenvalue weighted by Crippen LogP contribution is -2.14. The van der Waals surface area contributed by atoms with Gasteiger partial charge in [-0.05, 0) is 53.3 Å². The first-order chi connectivity index (χ1) is 15.9. The number of carbonyl (C=O) groups is 1. The van der Waals surface area contributed by atoms with E-state index in [4.69, 9.17) is 21.8 Å². The first kappa shape index (κ1) is 21.5. The highest BCUT2D eigenvalue weighted by atomic mass is 127. The molecule has 33 heavy (non-hydrogen) atoms. The molecule has 0 bridgehead atoms. The third kappa shape index (κ3) is 3.47. The van der Waals surface area contributed by atoms with Crippen molar-refractivity contribution in [2.45, 2.75) is 13.0 Å². The Morgan fingerprint density at radius 1 is 1.18 bits per heavy atom. The molecular formula is C23H15ClIN5O3. The van der Waals surface area contributed by atoms with Gasteiger partial charge < -0.3 is 10.2 Å². The summed E-state index contributed by atoms with van der Waals surface area (Å²) >= 11 is 8.24. The van der Waals surface area contributed by atoms with E-state index in [-0.39, 0.29) is 0 Å². The van der Waals surface area contributed by atoms with E-state index in [9.17, 15) is 9.59 Å². The van der Waals surface area contributed by atoms with Crippen molar-refractivity contribution in [1.29, 1.82) is 0 Å². The number of hydrogen-bond donors (Lipinski definition) is 1. The zero-order valence-corrected chi connectivity index (χ0v) is 20.0. The molecule has 3 heterocycles. The third-order valence-electron chi connectivity index (χ3n) is 5.50. The second-order valence-electron chi connectivity index (χ2n) is 7.40. The summed E-state index contributed by atoms with van der Waals surface area (Å²) in [5.74, 6) is 0.687. The number of carbonyl (C=O) groups excluding carboxylic acids is 1. The molecule has 2 aromatic carbocycles. The van der Waals surface area contributed by atoms with Crippen molar-refractivity contribution in [3.05, 3.63) is 79.3 Å². The minimum atomic E-state index is -0.534. The number of nitrogens with two attached hydrogens (primary N) is 1. The maximum Gasteiger partial charge on any atom is 0.343 e. The van der Waals surface area contributed by atoms with Gasteiger partial charge in [-0.3, -0.25) is 4.79 Å². The molecule has 10 heteroatoms. The molecule has 1 unspecified atom stereocenters. The Balaban J connectivity index is 1.84. The number of benzene rings is 2. The predicted molar refractivity (Wildman–Crippen MR) is 135 cm³/mol. The Kier molecular flexibility index (Phi) is 5.37. The number of anilines is 1. The minimum absolute atomic E-state index is 0.316. The van der Waals surface area contributed by atoms with Crippen LogP contribution in [-0.4, -0.2) is 26.0 Å². The first-order valence-corrected chi connectivity index (χ1v) is 11.3. The molecule has 5 aromatic rings. The molecule has 0 fully saturated rings. The molecular weight excluding hydrogens is 557 g/mol. The Bertz CT molecular complexity index is 1630. The number of aromatic nitrogens is 4. The summed E-state index contributed by atoms with van der Waals surface area (Å²) in [4.78, 5) is 32.9. The summed E-state index contributed by atoms with van der Waals surface area (Å²) in [7, 11) is 0. The monoisotopic (exact) mass is 571 g/mol. The lowest BCUT2D eigenvalue weighted by molar-refractivity contribution is 0.112. The maximum absolute atomic E-state index is 12.9. The fourth-order valence-corrected chi connectivity index (χ4v) is 4.85. The fraction of sp³-hybridized carbons (Fsp3) is 0.0870. The van der Waals surface area contributed by atoms with Crippen LogP contribution >= 0.6 is 34.2 Å². The molecule has 0 saturated heterocycles. The molecule has 0 amide bonds. The van der Waals surface area contributed by atoms with Crippen LogP contribution in [0.1, 0.15) is 29.1 Å². The maximum atomic E-state index is 12.9. The van der Waals surface area contributed by atoms with Crippen LogP contribution in [0.25, 0.3) is 32.9 Å². The number of fused-ring (bicyclic) bond motifs is 2. The summed E-state index contributed by atoms with van der Waals surface area (Å²) in [5.41, 5.74) is 7.78. The van der Waals surface area contributed by atoms with Gasteiger partial charge in [-0.1, -0.05) is 35.9 Å². The van der Waals surface area contributed by atoms with Crippen molar-refractivity contribution < 1.29 is 9.21 Å². The summed E-state index contributed by atoms with van der Waals surface area (Å²) in [5, 5.41) is 6.69. The van der Waals surface area contributed by atoms with Crippen LogP contribution in [0.3, 0.4) is 0 Å². The average molecular weight is 572 g/mol. The SMILES string of the molecule is CC(c1oc(=O)c2ccccc2c1-c1ccc(Cl)c(C=O)c1)n1nc(I)c2c(N)ncnc21. The molecule has 0 aliphatic heterocycles. The third-order valence-corrected chi connectivity index (χ3v) is 6.60. The molecule has 0 saturated carbocycles. The second kappa shape index (κ2) is 8.23. The summed E-state index contributed by atoms with van der Waals surface area (Å²) in [6.07, 6.45) is 2.06. The Morgan fingerprint density at radius 2 is 1.94 bits per heavy atom. The molecule has 2 N–H and O–H groups in total. The smallest absolute Gasteiger partial charge is 0.343 e. The number of aldehydes is 1. The number of hydrogen-bond acceptors (Lipinski definition) is 7. The quantitative estimate of drug-likeness (QED) is 0.242. The van der Waals surface area contributed by atoms with Crippen molar-refractivity contribution in [3.8, 4) is 11.1 Å². The highest BCUT2D eigenvalue weighted by Gasteiger charge is 2.25. The Labute approximate surface area is 205 Å². The van der Waals surface area contributed by atoms with E-state index in [0.29, 0.717) is 65.1 Å². The van der Waals surface area contributed by atoms with Crippen LogP contribution in [0.5, 0.6) is 0 Å².